The van der Waals surface area contributed by atoms with Crippen molar-refractivity contribution < 1.29 is 18.9 Å². The Hall–Kier alpha value is -0.160. The molecule has 0 unspecified atom stereocenters. The largest absolute Gasteiger partial charge is 0.379 e. The Balaban J connectivity index is 2.96. The highest BCUT2D eigenvalue weighted by Crippen LogP contribution is 2.01. The minimum absolute atomic E-state index is 0.296. The van der Waals surface area contributed by atoms with Gasteiger partial charge in [0.25, 0.3) is 0 Å². The first-order chi connectivity index (χ1) is 9.63. The molecule has 0 fully saturated rings. The fourth-order valence-corrected chi connectivity index (χ4v) is 1.65. The van der Waals surface area contributed by atoms with Gasteiger partial charge in [0.1, 0.15) is 0 Å². The van der Waals surface area contributed by atoms with Crippen molar-refractivity contribution in [2.75, 3.05) is 39.6 Å². The second-order valence-electron chi connectivity index (χ2n) is 5.48. The van der Waals surface area contributed by atoms with Crippen LogP contribution in [0.25, 0.3) is 0 Å². The molecule has 0 saturated heterocycles. The van der Waals surface area contributed by atoms with E-state index >= 15 is 0 Å². The Morgan fingerprint density at radius 1 is 0.500 bits per heavy atom. The Morgan fingerprint density at radius 3 is 1.25 bits per heavy atom. The van der Waals surface area contributed by atoms with Crippen LogP contribution in [-0.2, 0) is 18.9 Å². The first-order valence-corrected chi connectivity index (χ1v) is 8.01. The molecule has 0 N–H and O–H groups in total. The van der Waals surface area contributed by atoms with E-state index in [1.807, 2.05) is 27.7 Å². The molecule has 20 heavy (non-hydrogen) atoms. The lowest BCUT2D eigenvalue weighted by Crippen LogP contribution is -2.10. The van der Waals surface area contributed by atoms with E-state index < -0.39 is 0 Å². The van der Waals surface area contributed by atoms with Crippen molar-refractivity contribution in [3.63, 3.8) is 0 Å². The van der Waals surface area contributed by atoms with Gasteiger partial charge in [0.15, 0.2) is 0 Å². The van der Waals surface area contributed by atoms with Gasteiger partial charge in [-0.15, -0.1) is 0 Å². The van der Waals surface area contributed by atoms with Crippen molar-refractivity contribution in [2.24, 2.45) is 0 Å². The molecule has 0 heterocycles. The van der Waals surface area contributed by atoms with Crippen LogP contribution in [0.5, 0.6) is 0 Å². The van der Waals surface area contributed by atoms with Crippen LogP contribution in [0.4, 0.5) is 0 Å². The van der Waals surface area contributed by atoms with E-state index in [4.69, 9.17) is 18.9 Å². The maximum atomic E-state index is 5.49. The van der Waals surface area contributed by atoms with E-state index in [2.05, 4.69) is 0 Å². The molecule has 0 aliphatic carbocycles. The third kappa shape index (κ3) is 17.8. The fraction of sp³-hybridized carbons (Fsp3) is 1.00. The Morgan fingerprint density at radius 2 is 0.900 bits per heavy atom. The van der Waals surface area contributed by atoms with Crippen LogP contribution in [-0.4, -0.2) is 51.8 Å². The van der Waals surface area contributed by atoms with Gasteiger partial charge >= 0.3 is 0 Å². The molecule has 0 amide bonds. The summed E-state index contributed by atoms with van der Waals surface area (Å²) < 4.78 is 21.8. The second-order valence-corrected chi connectivity index (χ2v) is 5.48. The van der Waals surface area contributed by atoms with E-state index in [0.717, 1.165) is 26.1 Å². The molecule has 0 aromatic carbocycles. The highest BCUT2D eigenvalue weighted by atomic mass is 16.5. The molecule has 0 saturated carbocycles. The van der Waals surface area contributed by atoms with Gasteiger partial charge in [-0.3, -0.25) is 0 Å². The maximum absolute atomic E-state index is 5.49. The van der Waals surface area contributed by atoms with Crippen molar-refractivity contribution in [2.45, 2.75) is 65.6 Å². The molecule has 0 atom stereocenters. The quantitative estimate of drug-likeness (QED) is 0.433. The predicted octanol–water partition coefficient (Wildman–Crippen LogP) is 3.43. The molecule has 0 aliphatic rings. The third-order valence-corrected chi connectivity index (χ3v) is 2.69. The molecular weight excluding hydrogens is 256 g/mol. The van der Waals surface area contributed by atoms with Crippen LogP contribution in [0.2, 0.25) is 0 Å². The normalized spacial score (nSPS) is 11.7. The molecule has 4 nitrogen and oxygen atoms in total. The van der Waals surface area contributed by atoms with Gasteiger partial charge in [-0.1, -0.05) is 12.8 Å². The molecule has 0 aromatic rings. The third-order valence-electron chi connectivity index (χ3n) is 2.69. The molecule has 0 radical (unpaired) electrons. The minimum Gasteiger partial charge on any atom is -0.379 e. The molecule has 122 valence electrons. The monoisotopic (exact) mass is 290 g/mol. The van der Waals surface area contributed by atoms with Gasteiger partial charge in [0.2, 0.25) is 0 Å². The minimum atomic E-state index is 0.296. The van der Waals surface area contributed by atoms with E-state index in [-0.39, 0.29) is 0 Å². The maximum Gasteiger partial charge on any atom is 0.0703 e. The molecular formula is C16H34O4. The lowest BCUT2D eigenvalue weighted by atomic mass is 10.2. The number of hydrogen-bond donors (Lipinski definition) is 0. The number of hydrogen-bond acceptors (Lipinski definition) is 4. The van der Waals surface area contributed by atoms with E-state index in [0.29, 0.717) is 38.6 Å². The zero-order chi connectivity index (χ0) is 15.1. The highest BCUT2D eigenvalue weighted by molar-refractivity contribution is 4.44. The lowest BCUT2D eigenvalue weighted by Gasteiger charge is -2.08. The van der Waals surface area contributed by atoms with Gasteiger partial charge in [-0.25, -0.2) is 0 Å². The number of ether oxygens (including phenoxy) is 4. The summed E-state index contributed by atoms with van der Waals surface area (Å²) in [6, 6.07) is 0. The fourth-order valence-electron chi connectivity index (χ4n) is 1.65. The summed E-state index contributed by atoms with van der Waals surface area (Å²) in [6.45, 7) is 12.6. The topological polar surface area (TPSA) is 36.9 Å². The SMILES string of the molecule is CC(C)OCCOCCCCCCOCCOC(C)C. The van der Waals surface area contributed by atoms with Crippen LogP contribution < -0.4 is 0 Å². The molecule has 0 aromatic heterocycles. The molecule has 0 bridgehead atoms. The summed E-state index contributed by atoms with van der Waals surface area (Å²) in [5.74, 6) is 0. The van der Waals surface area contributed by atoms with Crippen LogP contribution >= 0.6 is 0 Å². The summed E-state index contributed by atoms with van der Waals surface area (Å²) in [4.78, 5) is 0. The average Bonchev–Trinajstić information content (AvgIpc) is 2.38. The number of rotatable bonds is 15. The lowest BCUT2D eigenvalue weighted by molar-refractivity contribution is 0.0164. The van der Waals surface area contributed by atoms with Gasteiger partial charge < -0.3 is 18.9 Å². The van der Waals surface area contributed by atoms with Crippen LogP contribution in [0.15, 0.2) is 0 Å². The summed E-state index contributed by atoms with van der Waals surface area (Å²) in [7, 11) is 0. The molecule has 0 rings (SSSR count). The molecule has 4 heteroatoms. The van der Waals surface area contributed by atoms with Crippen molar-refractivity contribution in [3.8, 4) is 0 Å². The average molecular weight is 290 g/mol. The second kappa shape index (κ2) is 15.2. The first-order valence-electron chi connectivity index (χ1n) is 8.01. The van der Waals surface area contributed by atoms with E-state index in [1.54, 1.807) is 0 Å². The van der Waals surface area contributed by atoms with Crippen molar-refractivity contribution >= 4 is 0 Å². The Labute approximate surface area is 125 Å². The molecule has 0 spiro atoms. The summed E-state index contributed by atoms with van der Waals surface area (Å²) in [6.07, 6.45) is 5.25. The summed E-state index contributed by atoms with van der Waals surface area (Å²) in [5.41, 5.74) is 0. The summed E-state index contributed by atoms with van der Waals surface area (Å²) >= 11 is 0. The van der Waals surface area contributed by atoms with Gasteiger partial charge in [0.05, 0.1) is 38.6 Å². The smallest absolute Gasteiger partial charge is 0.0703 e. The van der Waals surface area contributed by atoms with Crippen LogP contribution in [0.1, 0.15) is 53.4 Å². The van der Waals surface area contributed by atoms with Crippen LogP contribution in [0.3, 0.4) is 0 Å². The zero-order valence-electron chi connectivity index (χ0n) is 13.9. The van der Waals surface area contributed by atoms with Gasteiger partial charge in [0, 0.05) is 13.2 Å². The highest BCUT2D eigenvalue weighted by Gasteiger charge is 1.95. The van der Waals surface area contributed by atoms with Crippen molar-refractivity contribution in [1.29, 1.82) is 0 Å². The van der Waals surface area contributed by atoms with Gasteiger partial charge in [-0.05, 0) is 40.5 Å². The van der Waals surface area contributed by atoms with Crippen molar-refractivity contribution in [3.05, 3.63) is 0 Å². The molecule has 0 aliphatic heterocycles. The van der Waals surface area contributed by atoms with E-state index in [9.17, 15) is 0 Å². The zero-order valence-corrected chi connectivity index (χ0v) is 13.9. The first kappa shape index (κ1) is 19.8. The van der Waals surface area contributed by atoms with Gasteiger partial charge in [-0.2, -0.15) is 0 Å². The Bertz CT molecular complexity index is 163. The number of unbranched alkanes of at least 4 members (excludes halogenated alkanes) is 3. The van der Waals surface area contributed by atoms with Crippen molar-refractivity contribution in [1.82, 2.24) is 0 Å². The van der Waals surface area contributed by atoms with E-state index in [1.165, 1.54) is 12.8 Å². The van der Waals surface area contributed by atoms with Crippen LogP contribution in [0, 0.1) is 0 Å². The Kier molecular flexibility index (Phi) is 15.1. The predicted molar refractivity (Wildman–Crippen MR) is 82.3 cm³/mol. The standard InChI is InChI=1S/C16H34O4/c1-15(2)19-13-11-17-9-7-5-6-8-10-18-12-14-20-16(3)4/h15-16H,5-14H2,1-4H3. The summed E-state index contributed by atoms with van der Waals surface area (Å²) in [5, 5.41) is 0.